The normalized spacial score (nSPS) is 13.1. The number of amides is 1. The van der Waals surface area contributed by atoms with Crippen molar-refractivity contribution in [2.45, 2.75) is 19.8 Å². The summed E-state index contributed by atoms with van der Waals surface area (Å²) < 4.78 is 0. The highest BCUT2D eigenvalue weighted by atomic mass is 16.2. The molecule has 21 heavy (non-hydrogen) atoms. The van der Waals surface area contributed by atoms with Gasteiger partial charge in [-0.3, -0.25) is 9.59 Å². The van der Waals surface area contributed by atoms with Crippen LogP contribution >= 0.6 is 0 Å². The molecule has 0 saturated carbocycles. The molecule has 1 amide bonds. The van der Waals surface area contributed by atoms with Gasteiger partial charge in [0.15, 0.2) is 5.78 Å². The van der Waals surface area contributed by atoms with E-state index in [0.717, 1.165) is 23.2 Å². The van der Waals surface area contributed by atoms with Crippen molar-refractivity contribution in [3.63, 3.8) is 0 Å². The lowest BCUT2D eigenvalue weighted by molar-refractivity contribution is -0.116. The molecule has 0 saturated heterocycles. The van der Waals surface area contributed by atoms with Crippen molar-refractivity contribution in [2.24, 2.45) is 0 Å². The molecule has 1 aliphatic rings. The first-order valence-electron chi connectivity index (χ1n) is 7.14. The molecular formula is C18H17NO2. The van der Waals surface area contributed by atoms with Gasteiger partial charge in [-0.05, 0) is 17.5 Å². The fourth-order valence-electron chi connectivity index (χ4n) is 2.89. The van der Waals surface area contributed by atoms with Crippen LogP contribution in [0.15, 0.2) is 48.5 Å². The van der Waals surface area contributed by atoms with Crippen molar-refractivity contribution in [1.29, 1.82) is 0 Å². The second-order valence-corrected chi connectivity index (χ2v) is 5.31. The van der Waals surface area contributed by atoms with Crippen LogP contribution in [-0.4, -0.2) is 18.2 Å². The van der Waals surface area contributed by atoms with Gasteiger partial charge in [-0.25, -0.2) is 0 Å². The number of para-hydroxylation sites is 1. The minimum Gasteiger partial charge on any atom is -0.312 e. The summed E-state index contributed by atoms with van der Waals surface area (Å²) in [6.07, 6.45) is 1.19. The minimum absolute atomic E-state index is 0.0355. The van der Waals surface area contributed by atoms with Crippen molar-refractivity contribution in [2.75, 3.05) is 11.4 Å². The summed E-state index contributed by atoms with van der Waals surface area (Å²) in [6, 6.07) is 15.2. The van der Waals surface area contributed by atoms with Crippen LogP contribution in [0.2, 0.25) is 0 Å². The van der Waals surface area contributed by atoms with Gasteiger partial charge in [0.2, 0.25) is 5.91 Å². The van der Waals surface area contributed by atoms with Crippen LogP contribution in [0, 0.1) is 0 Å². The topological polar surface area (TPSA) is 37.4 Å². The summed E-state index contributed by atoms with van der Waals surface area (Å²) in [5.41, 5.74) is 3.74. The third kappa shape index (κ3) is 2.59. The number of rotatable bonds is 3. The number of Topliss-reactive ketones (excluding diaryl/α,β-unsaturated/α-hetero) is 1. The molecule has 3 heteroatoms. The van der Waals surface area contributed by atoms with Gasteiger partial charge in [-0.2, -0.15) is 0 Å². The van der Waals surface area contributed by atoms with Gasteiger partial charge in [0.05, 0.1) is 5.69 Å². The van der Waals surface area contributed by atoms with E-state index in [9.17, 15) is 9.59 Å². The average molecular weight is 279 g/mol. The molecule has 3 rings (SSSR count). The maximum absolute atomic E-state index is 12.4. The maximum Gasteiger partial charge on any atom is 0.223 e. The minimum atomic E-state index is 0.0355. The van der Waals surface area contributed by atoms with Gasteiger partial charge in [0.1, 0.15) is 0 Å². The fourth-order valence-corrected chi connectivity index (χ4v) is 2.89. The van der Waals surface area contributed by atoms with E-state index in [1.165, 1.54) is 0 Å². The molecule has 0 aliphatic carbocycles. The molecule has 1 heterocycles. The summed E-state index contributed by atoms with van der Waals surface area (Å²) in [5.74, 6) is 0.118. The SMILES string of the molecule is CC(=O)N1CCc2cccc(CC(=O)c3ccccc3)c21. The predicted octanol–water partition coefficient (Wildman–Crippen LogP) is 3.02. The van der Waals surface area contributed by atoms with Crippen LogP contribution in [0.4, 0.5) is 5.69 Å². The molecule has 106 valence electrons. The van der Waals surface area contributed by atoms with Crippen molar-refractivity contribution in [3.8, 4) is 0 Å². The summed E-state index contributed by atoms with van der Waals surface area (Å²) in [6.45, 7) is 2.28. The number of anilines is 1. The molecule has 3 nitrogen and oxygen atoms in total. The lowest BCUT2D eigenvalue weighted by Crippen LogP contribution is -2.27. The number of benzene rings is 2. The highest BCUT2D eigenvalue weighted by Crippen LogP contribution is 2.32. The molecule has 0 unspecified atom stereocenters. The quantitative estimate of drug-likeness (QED) is 0.810. The summed E-state index contributed by atoms with van der Waals surface area (Å²) in [7, 11) is 0. The molecule has 0 atom stereocenters. The van der Waals surface area contributed by atoms with E-state index in [2.05, 4.69) is 0 Å². The highest BCUT2D eigenvalue weighted by molar-refractivity contribution is 6.00. The molecule has 0 radical (unpaired) electrons. The van der Waals surface area contributed by atoms with Gasteiger partial charge >= 0.3 is 0 Å². The van der Waals surface area contributed by atoms with E-state index in [-0.39, 0.29) is 11.7 Å². The Kier molecular flexibility index (Phi) is 3.57. The van der Waals surface area contributed by atoms with Crippen molar-refractivity contribution in [1.82, 2.24) is 0 Å². The van der Waals surface area contributed by atoms with Gasteiger partial charge in [-0.15, -0.1) is 0 Å². The number of carbonyl (C=O) groups is 2. The Hall–Kier alpha value is -2.42. The van der Waals surface area contributed by atoms with E-state index in [1.807, 2.05) is 48.5 Å². The van der Waals surface area contributed by atoms with Crippen LogP contribution < -0.4 is 4.90 Å². The Morgan fingerprint density at radius 2 is 1.81 bits per heavy atom. The smallest absolute Gasteiger partial charge is 0.223 e. The van der Waals surface area contributed by atoms with Crippen LogP contribution in [0.25, 0.3) is 0 Å². The van der Waals surface area contributed by atoms with E-state index < -0.39 is 0 Å². The molecule has 0 bridgehead atoms. The number of fused-ring (bicyclic) bond motifs is 1. The molecule has 2 aromatic carbocycles. The third-order valence-electron chi connectivity index (χ3n) is 3.90. The number of hydrogen-bond donors (Lipinski definition) is 0. The van der Waals surface area contributed by atoms with E-state index >= 15 is 0 Å². The number of nitrogens with zero attached hydrogens (tertiary/aromatic N) is 1. The van der Waals surface area contributed by atoms with Crippen molar-refractivity contribution >= 4 is 17.4 Å². The summed E-state index contributed by atoms with van der Waals surface area (Å²) >= 11 is 0. The first-order valence-corrected chi connectivity index (χ1v) is 7.14. The average Bonchev–Trinajstić information content (AvgIpc) is 2.93. The Morgan fingerprint density at radius 3 is 2.52 bits per heavy atom. The molecule has 1 aliphatic heterocycles. The number of ketones is 1. The van der Waals surface area contributed by atoms with Crippen molar-refractivity contribution in [3.05, 3.63) is 65.2 Å². The zero-order valence-corrected chi connectivity index (χ0v) is 12.0. The highest BCUT2D eigenvalue weighted by Gasteiger charge is 2.25. The Bertz CT molecular complexity index is 692. The Balaban J connectivity index is 1.92. The lowest BCUT2D eigenvalue weighted by atomic mass is 9.99. The standard InChI is InChI=1S/C18H17NO2/c1-13(20)19-11-10-15-8-5-9-16(18(15)19)12-17(21)14-6-3-2-4-7-14/h2-9H,10-12H2,1H3. The predicted molar refractivity (Wildman–Crippen MR) is 82.6 cm³/mol. The Morgan fingerprint density at radius 1 is 1.05 bits per heavy atom. The monoisotopic (exact) mass is 279 g/mol. The van der Waals surface area contributed by atoms with Crippen LogP contribution in [0.1, 0.15) is 28.4 Å². The van der Waals surface area contributed by atoms with E-state index in [0.29, 0.717) is 18.5 Å². The van der Waals surface area contributed by atoms with Gasteiger partial charge in [-0.1, -0.05) is 48.5 Å². The molecule has 2 aromatic rings. The van der Waals surface area contributed by atoms with Gasteiger partial charge in [0.25, 0.3) is 0 Å². The zero-order chi connectivity index (χ0) is 14.8. The van der Waals surface area contributed by atoms with Crippen LogP contribution in [0.3, 0.4) is 0 Å². The fraction of sp³-hybridized carbons (Fsp3) is 0.222. The number of hydrogen-bond acceptors (Lipinski definition) is 2. The first-order chi connectivity index (χ1) is 10.2. The first kappa shape index (κ1) is 13.6. The molecule has 0 N–H and O–H groups in total. The van der Waals surface area contributed by atoms with Crippen molar-refractivity contribution < 1.29 is 9.59 Å². The maximum atomic E-state index is 12.4. The summed E-state index contributed by atoms with van der Waals surface area (Å²) in [5, 5.41) is 0. The molecule has 0 fully saturated rings. The Labute approximate surface area is 124 Å². The van der Waals surface area contributed by atoms with E-state index in [1.54, 1.807) is 11.8 Å². The van der Waals surface area contributed by atoms with Crippen LogP contribution in [-0.2, 0) is 17.6 Å². The largest absolute Gasteiger partial charge is 0.312 e. The summed E-state index contributed by atoms with van der Waals surface area (Å²) in [4.78, 5) is 25.9. The molecule has 0 aromatic heterocycles. The lowest BCUT2D eigenvalue weighted by Gasteiger charge is -2.18. The molecular weight excluding hydrogens is 262 g/mol. The third-order valence-corrected chi connectivity index (χ3v) is 3.90. The van der Waals surface area contributed by atoms with Gasteiger partial charge in [0, 0.05) is 25.5 Å². The van der Waals surface area contributed by atoms with E-state index in [4.69, 9.17) is 0 Å². The second-order valence-electron chi connectivity index (χ2n) is 5.31. The van der Waals surface area contributed by atoms with Gasteiger partial charge < -0.3 is 4.90 Å². The van der Waals surface area contributed by atoms with Crippen LogP contribution in [0.5, 0.6) is 0 Å². The zero-order valence-electron chi connectivity index (χ0n) is 12.0. The molecule has 0 spiro atoms. The number of carbonyl (C=O) groups excluding carboxylic acids is 2. The second kappa shape index (κ2) is 5.52.